The Labute approximate surface area is 88.4 Å². The maximum atomic E-state index is 11.6. The van der Waals surface area contributed by atoms with E-state index in [1.54, 1.807) is 32.0 Å². The molecule has 5 heteroatoms. The monoisotopic (exact) mass is 225 g/mol. The van der Waals surface area contributed by atoms with Crippen molar-refractivity contribution in [2.75, 3.05) is 0 Å². The van der Waals surface area contributed by atoms with Crippen LogP contribution in [0.15, 0.2) is 29.2 Å². The molecule has 1 N–H and O–H groups in total. The fourth-order valence-electron chi connectivity index (χ4n) is 1.64. The Morgan fingerprint density at radius 3 is 2.47 bits per heavy atom. The molecule has 1 amide bonds. The fraction of sp³-hybridized carbons (Fsp3) is 0.300. The molecule has 0 fully saturated rings. The summed E-state index contributed by atoms with van der Waals surface area (Å²) in [6.07, 6.45) is 0. The van der Waals surface area contributed by atoms with E-state index in [2.05, 4.69) is 0 Å². The molecular weight excluding hydrogens is 214 g/mol. The molecule has 0 aromatic heterocycles. The molecule has 0 saturated carbocycles. The van der Waals surface area contributed by atoms with Crippen LogP contribution in [0.2, 0.25) is 0 Å². The molecule has 0 saturated heterocycles. The zero-order chi connectivity index (χ0) is 11.3. The van der Waals surface area contributed by atoms with Gasteiger partial charge in [0.25, 0.3) is 10.0 Å². The fourth-order valence-corrected chi connectivity index (χ4v) is 3.12. The normalized spacial score (nSPS) is 21.6. The molecule has 1 aromatic carbocycles. The number of benzene rings is 1. The van der Waals surface area contributed by atoms with Crippen molar-refractivity contribution in [2.24, 2.45) is 0 Å². The van der Waals surface area contributed by atoms with Crippen molar-refractivity contribution < 1.29 is 13.2 Å². The van der Waals surface area contributed by atoms with Gasteiger partial charge in [0.1, 0.15) is 0 Å². The lowest BCUT2D eigenvalue weighted by molar-refractivity contribution is -0.124. The Balaban J connectivity index is 2.82. The standard InChI is InChI=1S/C10H11NO3S/c1-10(2)7-5-3-4-6-8(7)15(13,14)11-9(10)12/h3-6H,1-2H3,(H,11,12). The van der Waals surface area contributed by atoms with Crippen molar-refractivity contribution in [3.8, 4) is 0 Å². The molecule has 1 aromatic rings. The van der Waals surface area contributed by atoms with Crippen LogP contribution in [0.1, 0.15) is 19.4 Å². The zero-order valence-electron chi connectivity index (χ0n) is 8.44. The highest BCUT2D eigenvalue weighted by atomic mass is 32.2. The molecule has 15 heavy (non-hydrogen) atoms. The van der Waals surface area contributed by atoms with Gasteiger partial charge in [0.2, 0.25) is 5.91 Å². The van der Waals surface area contributed by atoms with E-state index in [0.29, 0.717) is 5.56 Å². The number of nitrogens with one attached hydrogen (secondary N) is 1. The van der Waals surface area contributed by atoms with Crippen LogP contribution in [-0.2, 0) is 20.2 Å². The molecule has 80 valence electrons. The quantitative estimate of drug-likeness (QED) is 0.709. The van der Waals surface area contributed by atoms with Crippen LogP contribution in [0, 0.1) is 0 Å². The second-order valence-corrected chi connectivity index (χ2v) is 5.71. The highest BCUT2D eigenvalue weighted by Crippen LogP contribution is 2.33. The highest BCUT2D eigenvalue weighted by molar-refractivity contribution is 7.90. The van der Waals surface area contributed by atoms with Crippen LogP contribution in [0.5, 0.6) is 0 Å². The Bertz CT molecular complexity index is 531. The third-order valence-electron chi connectivity index (χ3n) is 2.64. The predicted octanol–water partition coefficient (Wildman–Crippen LogP) is 0.783. The van der Waals surface area contributed by atoms with Crippen LogP contribution in [0.4, 0.5) is 0 Å². The first-order valence-corrected chi connectivity index (χ1v) is 6.01. The summed E-state index contributed by atoms with van der Waals surface area (Å²) in [7, 11) is -3.66. The van der Waals surface area contributed by atoms with E-state index in [1.807, 2.05) is 4.72 Å². The van der Waals surface area contributed by atoms with Crippen molar-refractivity contribution in [1.82, 2.24) is 4.72 Å². The molecule has 0 unspecified atom stereocenters. The van der Waals surface area contributed by atoms with Crippen molar-refractivity contribution in [3.63, 3.8) is 0 Å². The minimum absolute atomic E-state index is 0.189. The molecule has 2 rings (SSSR count). The Hall–Kier alpha value is -1.36. The molecule has 1 heterocycles. The van der Waals surface area contributed by atoms with E-state index >= 15 is 0 Å². The number of hydrogen-bond acceptors (Lipinski definition) is 3. The average Bonchev–Trinajstić information content (AvgIpc) is 2.15. The Morgan fingerprint density at radius 1 is 1.20 bits per heavy atom. The average molecular weight is 225 g/mol. The van der Waals surface area contributed by atoms with E-state index in [-0.39, 0.29) is 4.90 Å². The van der Waals surface area contributed by atoms with E-state index in [1.165, 1.54) is 6.07 Å². The SMILES string of the molecule is CC1(C)C(=O)NS(=O)(=O)c2ccccc21. The number of fused-ring (bicyclic) bond motifs is 1. The van der Waals surface area contributed by atoms with Gasteiger partial charge in [-0.1, -0.05) is 18.2 Å². The lowest BCUT2D eigenvalue weighted by Crippen LogP contribution is -2.48. The highest BCUT2D eigenvalue weighted by Gasteiger charge is 2.41. The van der Waals surface area contributed by atoms with E-state index in [0.717, 1.165) is 0 Å². The van der Waals surface area contributed by atoms with Crippen LogP contribution in [0.25, 0.3) is 0 Å². The number of sulfonamides is 1. The van der Waals surface area contributed by atoms with E-state index in [4.69, 9.17) is 0 Å². The van der Waals surface area contributed by atoms with Crippen LogP contribution >= 0.6 is 0 Å². The molecule has 0 aliphatic carbocycles. The molecule has 0 radical (unpaired) electrons. The zero-order valence-corrected chi connectivity index (χ0v) is 9.26. The van der Waals surface area contributed by atoms with Gasteiger partial charge in [-0.25, -0.2) is 13.1 Å². The molecule has 0 bridgehead atoms. The first-order valence-electron chi connectivity index (χ1n) is 4.52. The summed E-state index contributed by atoms with van der Waals surface area (Å²) >= 11 is 0. The topological polar surface area (TPSA) is 63.2 Å². The van der Waals surface area contributed by atoms with Gasteiger partial charge in [-0.15, -0.1) is 0 Å². The Kier molecular flexibility index (Phi) is 1.91. The van der Waals surface area contributed by atoms with E-state index < -0.39 is 21.3 Å². The van der Waals surface area contributed by atoms with Gasteiger partial charge in [0.05, 0.1) is 10.3 Å². The molecule has 1 aliphatic heterocycles. The molecule has 0 atom stereocenters. The van der Waals surface area contributed by atoms with Crippen molar-refractivity contribution in [1.29, 1.82) is 0 Å². The minimum atomic E-state index is -3.66. The molecule has 4 nitrogen and oxygen atoms in total. The summed E-state index contributed by atoms with van der Waals surface area (Å²) in [4.78, 5) is 11.8. The van der Waals surface area contributed by atoms with Crippen molar-refractivity contribution in [2.45, 2.75) is 24.2 Å². The molecular formula is C10H11NO3S. The summed E-state index contributed by atoms with van der Waals surface area (Å²) in [6.45, 7) is 3.41. The van der Waals surface area contributed by atoms with Gasteiger partial charge in [-0.3, -0.25) is 4.79 Å². The number of carbonyl (C=O) groups is 1. The number of hydrogen-bond donors (Lipinski definition) is 1. The Morgan fingerprint density at radius 2 is 1.80 bits per heavy atom. The summed E-state index contributed by atoms with van der Waals surface area (Å²) in [5.74, 6) is -0.485. The first kappa shape index (κ1) is 10.2. The van der Waals surface area contributed by atoms with E-state index in [9.17, 15) is 13.2 Å². The maximum Gasteiger partial charge on any atom is 0.264 e. The number of carbonyl (C=O) groups excluding carboxylic acids is 1. The summed E-state index contributed by atoms with van der Waals surface area (Å²) < 4.78 is 25.3. The van der Waals surface area contributed by atoms with Gasteiger partial charge in [0.15, 0.2) is 0 Å². The maximum absolute atomic E-state index is 11.6. The van der Waals surface area contributed by atoms with Crippen molar-refractivity contribution in [3.05, 3.63) is 29.8 Å². The summed E-state index contributed by atoms with van der Waals surface area (Å²) in [5.41, 5.74) is -0.254. The molecule has 1 aliphatic rings. The third kappa shape index (κ3) is 1.34. The first-order chi connectivity index (χ1) is 6.86. The van der Waals surface area contributed by atoms with Gasteiger partial charge in [0, 0.05) is 0 Å². The van der Waals surface area contributed by atoms with Crippen LogP contribution in [-0.4, -0.2) is 14.3 Å². The lowest BCUT2D eigenvalue weighted by atomic mass is 9.84. The lowest BCUT2D eigenvalue weighted by Gasteiger charge is -2.30. The minimum Gasteiger partial charge on any atom is -0.273 e. The number of rotatable bonds is 0. The third-order valence-corrected chi connectivity index (χ3v) is 4.03. The smallest absolute Gasteiger partial charge is 0.264 e. The van der Waals surface area contributed by atoms with Gasteiger partial charge < -0.3 is 0 Å². The van der Waals surface area contributed by atoms with Crippen molar-refractivity contribution >= 4 is 15.9 Å². The second-order valence-electron chi connectivity index (χ2n) is 4.06. The predicted molar refractivity (Wildman–Crippen MR) is 54.8 cm³/mol. The van der Waals surface area contributed by atoms with Gasteiger partial charge >= 0.3 is 0 Å². The van der Waals surface area contributed by atoms with Crippen LogP contribution < -0.4 is 4.72 Å². The second kappa shape index (κ2) is 2.82. The number of amides is 1. The van der Waals surface area contributed by atoms with Gasteiger partial charge in [-0.2, -0.15) is 0 Å². The largest absolute Gasteiger partial charge is 0.273 e. The molecule has 0 spiro atoms. The summed E-state index contributed by atoms with van der Waals surface area (Å²) in [6, 6.07) is 6.55. The van der Waals surface area contributed by atoms with Crippen LogP contribution in [0.3, 0.4) is 0 Å². The summed E-state index contributed by atoms with van der Waals surface area (Å²) in [5, 5.41) is 0. The van der Waals surface area contributed by atoms with Gasteiger partial charge in [-0.05, 0) is 25.5 Å².